The SMILES string of the molecule is Cc1cc2c(cc1NC(=O)c1c(F)cccc1C(F)(F)F)NCCC2. The van der Waals surface area contributed by atoms with E-state index >= 15 is 0 Å². The maximum absolute atomic E-state index is 13.9. The van der Waals surface area contributed by atoms with Crippen LogP contribution in [0.1, 0.15) is 33.5 Å². The number of nitrogens with one attached hydrogen (secondary N) is 2. The number of rotatable bonds is 2. The molecule has 1 aliphatic rings. The molecule has 2 aromatic carbocycles. The van der Waals surface area contributed by atoms with Gasteiger partial charge in [-0.2, -0.15) is 13.2 Å². The Balaban J connectivity index is 1.96. The lowest BCUT2D eigenvalue weighted by Gasteiger charge is -2.21. The quantitative estimate of drug-likeness (QED) is 0.765. The lowest BCUT2D eigenvalue weighted by molar-refractivity contribution is -0.138. The zero-order valence-corrected chi connectivity index (χ0v) is 13.4. The Labute approximate surface area is 142 Å². The molecular formula is C18H16F4N2O. The number of anilines is 2. The highest BCUT2D eigenvalue weighted by Crippen LogP contribution is 2.34. The summed E-state index contributed by atoms with van der Waals surface area (Å²) in [6.45, 7) is 2.53. The van der Waals surface area contributed by atoms with Gasteiger partial charge in [-0.3, -0.25) is 4.79 Å². The summed E-state index contributed by atoms with van der Waals surface area (Å²) in [6.07, 6.45) is -2.94. The standard InChI is InChI=1S/C18H16F4N2O/c1-10-8-11-4-3-7-23-15(11)9-14(10)24-17(25)16-12(18(20,21)22)5-2-6-13(16)19/h2,5-6,8-9,23H,3-4,7H2,1H3,(H,24,25). The monoisotopic (exact) mass is 352 g/mol. The third-order valence-corrected chi connectivity index (χ3v) is 4.18. The number of halogens is 4. The van der Waals surface area contributed by atoms with Crippen LogP contribution in [0.2, 0.25) is 0 Å². The fourth-order valence-corrected chi connectivity index (χ4v) is 2.95. The van der Waals surface area contributed by atoms with E-state index in [-0.39, 0.29) is 0 Å². The minimum atomic E-state index is -4.82. The summed E-state index contributed by atoms with van der Waals surface area (Å²) in [5.41, 5.74) is 0.689. The van der Waals surface area contributed by atoms with Crippen LogP contribution < -0.4 is 10.6 Å². The van der Waals surface area contributed by atoms with E-state index in [1.165, 1.54) is 0 Å². The van der Waals surface area contributed by atoms with Crippen LogP contribution in [0.15, 0.2) is 30.3 Å². The number of carbonyl (C=O) groups excluding carboxylic acids is 1. The summed E-state index contributed by atoms with van der Waals surface area (Å²) in [5, 5.41) is 5.60. The van der Waals surface area contributed by atoms with Crippen molar-refractivity contribution in [1.82, 2.24) is 0 Å². The van der Waals surface area contributed by atoms with Gasteiger partial charge in [-0.15, -0.1) is 0 Å². The molecule has 0 radical (unpaired) electrons. The molecule has 1 heterocycles. The largest absolute Gasteiger partial charge is 0.417 e. The Bertz CT molecular complexity index is 831. The van der Waals surface area contributed by atoms with Gasteiger partial charge >= 0.3 is 6.18 Å². The topological polar surface area (TPSA) is 41.1 Å². The number of alkyl halides is 3. The average Bonchev–Trinajstić information content (AvgIpc) is 2.54. The molecule has 7 heteroatoms. The fourth-order valence-electron chi connectivity index (χ4n) is 2.95. The van der Waals surface area contributed by atoms with Crippen molar-refractivity contribution < 1.29 is 22.4 Å². The maximum Gasteiger partial charge on any atom is 0.417 e. The van der Waals surface area contributed by atoms with Crippen molar-refractivity contribution in [1.29, 1.82) is 0 Å². The van der Waals surface area contributed by atoms with Crippen LogP contribution in [0, 0.1) is 12.7 Å². The Morgan fingerprint density at radius 3 is 2.72 bits per heavy atom. The van der Waals surface area contributed by atoms with Crippen molar-refractivity contribution >= 4 is 17.3 Å². The minimum absolute atomic E-state index is 0.356. The summed E-state index contributed by atoms with van der Waals surface area (Å²) in [6, 6.07) is 6.02. The van der Waals surface area contributed by atoms with Gasteiger partial charge in [0, 0.05) is 17.9 Å². The van der Waals surface area contributed by atoms with E-state index in [2.05, 4.69) is 10.6 Å². The molecule has 0 saturated carbocycles. The molecule has 1 amide bonds. The number of hydrogen-bond acceptors (Lipinski definition) is 2. The summed E-state index contributed by atoms with van der Waals surface area (Å²) in [4.78, 5) is 12.4. The molecule has 3 nitrogen and oxygen atoms in total. The number of hydrogen-bond donors (Lipinski definition) is 2. The number of aryl methyl sites for hydroxylation is 2. The highest BCUT2D eigenvalue weighted by Gasteiger charge is 2.36. The van der Waals surface area contributed by atoms with E-state index in [9.17, 15) is 22.4 Å². The van der Waals surface area contributed by atoms with E-state index in [1.54, 1.807) is 13.0 Å². The van der Waals surface area contributed by atoms with E-state index < -0.39 is 29.0 Å². The zero-order valence-electron chi connectivity index (χ0n) is 13.4. The summed E-state index contributed by atoms with van der Waals surface area (Å²) >= 11 is 0. The average molecular weight is 352 g/mol. The number of fused-ring (bicyclic) bond motifs is 1. The molecule has 132 valence electrons. The molecule has 0 aromatic heterocycles. The van der Waals surface area contributed by atoms with Crippen molar-refractivity contribution in [2.75, 3.05) is 17.2 Å². The molecule has 2 aromatic rings. The van der Waals surface area contributed by atoms with E-state index in [4.69, 9.17) is 0 Å². The third-order valence-electron chi connectivity index (χ3n) is 4.18. The zero-order chi connectivity index (χ0) is 18.2. The van der Waals surface area contributed by atoms with Gasteiger partial charge < -0.3 is 10.6 Å². The first-order valence-corrected chi connectivity index (χ1v) is 7.82. The van der Waals surface area contributed by atoms with Gasteiger partial charge in [0.2, 0.25) is 0 Å². The molecule has 1 aliphatic heterocycles. The van der Waals surface area contributed by atoms with Gasteiger partial charge in [0.15, 0.2) is 0 Å². The molecular weight excluding hydrogens is 336 g/mol. The Kier molecular flexibility index (Phi) is 4.41. The van der Waals surface area contributed by atoms with Crippen LogP contribution in [-0.4, -0.2) is 12.5 Å². The second-order valence-corrected chi connectivity index (χ2v) is 5.97. The molecule has 2 N–H and O–H groups in total. The van der Waals surface area contributed by atoms with Crippen LogP contribution in [0.25, 0.3) is 0 Å². The lowest BCUT2D eigenvalue weighted by Crippen LogP contribution is -2.21. The first kappa shape index (κ1) is 17.3. The minimum Gasteiger partial charge on any atom is -0.385 e. The molecule has 3 rings (SSSR count). The molecule has 0 bridgehead atoms. The predicted octanol–water partition coefficient (Wildman–Crippen LogP) is 4.76. The van der Waals surface area contributed by atoms with E-state index in [0.29, 0.717) is 17.3 Å². The molecule has 0 fully saturated rings. The van der Waals surface area contributed by atoms with Gasteiger partial charge in [-0.25, -0.2) is 4.39 Å². The third kappa shape index (κ3) is 3.45. The normalized spacial score (nSPS) is 13.8. The molecule has 0 saturated heterocycles. The lowest BCUT2D eigenvalue weighted by atomic mass is 9.99. The second kappa shape index (κ2) is 6.38. The highest BCUT2D eigenvalue weighted by atomic mass is 19.4. The van der Waals surface area contributed by atoms with Gasteiger partial charge in [-0.05, 0) is 49.1 Å². The molecule has 0 aliphatic carbocycles. The molecule has 0 unspecified atom stereocenters. The summed E-state index contributed by atoms with van der Waals surface area (Å²) < 4.78 is 53.2. The Hall–Kier alpha value is -2.57. The van der Waals surface area contributed by atoms with Gasteiger partial charge in [0.05, 0.1) is 11.1 Å². The highest BCUT2D eigenvalue weighted by molar-refractivity contribution is 6.06. The molecule has 0 spiro atoms. The van der Waals surface area contributed by atoms with Crippen molar-refractivity contribution in [3.05, 3.63) is 58.4 Å². The van der Waals surface area contributed by atoms with Crippen molar-refractivity contribution in [2.45, 2.75) is 25.9 Å². The molecule has 25 heavy (non-hydrogen) atoms. The predicted molar refractivity (Wildman–Crippen MR) is 87.3 cm³/mol. The Morgan fingerprint density at radius 2 is 2.00 bits per heavy atom. The fraction of sp³-hybridized carbons (Fsp3) is 0.278. The number of benzene rings is 2. The number of carbonyl (C=O) groups is 1. The van der Waals surface area contributed by atoms with Crippen LogP contribution in [0.3, 0.4) is 0 Å². The maximum atomic E-state index is 13.9. The van der Waals surface area contributed by atoms with E-state index in [0.717, 1.165) is 42.8 Å². The van der Waals surface area contributed by atoms with Crippen LogP contribution >= 0.6 is 0 Å². The van der Waals surface area contributed by atoms with Crippen LogP contribution in [0.4, 0.5) is 28.9 Å². The van der Waals surface area contributed by atoms with Gasteiger partial charge in [0.1, 0.15) is 5.82 Å². The van der Waals surface area contributed by atoms with Crippen LogP contribution in [0.5, 0.6) is 0 Å². The van der Waals surface area contributed by atoms with E-state index in [1.807, 2.05) is 6.07 Å². The summed E-state index contributed by atoms with van der Waals surface area (Å²) in [5.74, 6) is -2.33. The molecule has 0 atom stereocenters. The van der Waals surface area contributed by atoms with Crippen molar-refractivity contribution in [3.8, 4) is 0 Å². The van der Waals surface area contributed by atoms with Crippen molar-refractivity contribution in [3.63, 3.8) is 0 Å². The first-order valence-electron chi connectivity index (χ1n) is 7.82. The van der Waals surface area contributed by atoms with Crippen LogP contribution in [-0.2, 0) is 12.6 Å². The first-order chi connectivity index (χ1) is 11.8. The second-order valence-electron chi connectivity index (χ2n) is 5.97. The number of amides is 1. The van der Waals surface area contributed by atoms with Crippen molar-refractivity contribution in [2.24, 2.45) is 0 Å². The smallest absolute Gasteiger partial charge is 0.385 e. The Morgan fingerprint density at radius 1 is 1.24 bits per heavy atom. The summed E-state index contributed by atoms with van der Waals surface area (Å²) in [7, 11) is 0. The van der Waals surface area contributed by atoms with Gasteiger partial charge in [-0.1, -0.05) is 12.1 Å². The van der Waals surface area contributed by atoms with Gasteiger partial charge in [0.25, 0.3) is 5.91 Å².